The third kappa shape index (κ3) is 2.75. The van der Waals surface area contributed by atoms with Gasteiger partial charge in [0.2, 0.25) is 10.0 Å². The van der Waals surface area contributed by atoms with Gasteiger partial charge in [0.05, 0.1) is 4.90 Å². The summed E-state index contributed by atoms with van der Waals surface area (Å²) in [7, 11) is -3.30. The second-order valence-corrected chi connectivity index (χ2v) is 7.70. The van der Waals surface area contributed by atoms with E-state index in [4.69, 9.17) is 0 Å². The molecule has 2 saturated heterocycles. The van der Waals surface area contributed by atoms with Crippen molar-refractivity contribution in [2.75, 3.05) is 19.6 Å². The summed E-state index contributed by atoms with van der Waals surface area (Å²) in [5, 5.41) is 3.54. The van der Waals surface area contributed by atoms with Gasteiger partial charge in [0.15, 0.2) is 0 Å². The van der Waals surface area contributed by atoms with Crippen molar-refractivity contribution in [3.05, 3.63) is 30.3 Å². The van der Waals surface area contributed by atoms with E-state index in [0.717, 1.165) is 19.4 Å². The fourth-order valence-corrected chi connectivity index (χ4v) is 4.86. The van der Waals surface area contributed by atoms with E-state index < -0.39 is 10.0 Å². The number of rotatable bonds is 3. The van der Waals surface area contributed by atoms with Gasteiger partial charge in [0.25, 0.3) is 0 Å². The average molecular weight is 294 g/mol. The molecular weight excluding hydrogens is 272 g/mol. The SMILES string of the molecule is O=S(=O)(c1ccccc1)N1CCC(C2CCCN2)CC1. The molecule has 5 heteroatoms. The highest BCUT2D eigenvalue weighted by Gasteiger charge is 2.33. The molecule has 0 spiro atoms. The molecule has 4 nitrogen and oxygen atoms in total. The van der Waals surface area contributed by atoms with Crippen LogP contribution in [0.15, 0.2) is 35.2 Å². The van der Waals surface area contributed by atoms with E-state index in [1.54, 1.807) is 28.6 Å². The largest absolute Gasteiger partial charge is 0.314 e. The Kier molecular flexibility index (Phi) is 4.10. The minimum Gasteiger partial charge on any atom is -0.314 e. The smallest absolute Gasteiger partial charge is 0.243 e. The number of benzene rings is 1. The van der Waals surface area contributed by atoms with Gasteiger partial charge in [-0.3, -0.25) is 0 Å². The monoisotopic (exact) mass is 294 g/mol. The maximum absolute atomic E-state index is 12.5. The molecule has 1 unspecified atom stereocenters. The van der Waals surface area contributed by atoms with Crippen LogP contribution in [-0.2, 0) is 10.0 Å². The number of hydrogen-bond donors (Lipinski definition) is 1. The van der Waals surface area contributed by atoms with Gasteiger partial charge >= 0.3 is 0 Å². The Bertz CT molecular complexity index is 530. The summed E-state index contributed by atoms with van der Waals surface area (Å²) in [6.07, 6.45) is 4.46. The Morgan fingerprint density at radius 2 is 1.75 bits per heavy atom. The van der Waals surface area contributed by atoms with Crippen LogP contribution in [0.1, 0.15) is 25.7 Å². The van der Waals surface area contributed by atoms with Crippen molar-refractivity contribution >= 4 is 10.0 Å². The van der Waals surface area contributed by atoms with Gasteiger partial charge in [0.1, 0.15) is 0 Å². The molecule has 2 heterocycles. The van der Waals surface area contributed by atoms with E-state index in [9.17, 15) is 8.42 Å². The number of sulfonamides is 1. The quantitative estimate of drug-likeness (QED) is 0.925. The molecule has 0 amide bonds. The third-order valence-corrected chi connectivity index (χ3v) is 6.46. The van der Waals surface area contributed by atoms with Crippen molar-refractivity contribution in [3.8, 4) is 0 Å². The van der Waals surface area contributed by atoms with Gasteiger partial charge in [-0.1, -0.05) is 18.2 Å². The Hall–Kier alpha value is -0.910. The Labute approximate surface area is 121 Å². The zero-order chi connectivity index (χ0) is 14.0. The first-order chi connectivity index (χ1) is 9.68. The Morgan fingerprint density at radius 1 is 1.05 bits per heavy atom. The van der Waals surface area contributed by atoms with Gasteiger partial charge in [-0.05, 0) is 50.3 Å². The van der Waals surface area contributed by atoms with Crippen LogP contribution >= 0.6 is 0 Å². The molecule has 1 N–H and O–H groups in total. The van der Waals surface area contributed by atoms with Crippen LogP contribution in [0.2, 0.25) is 0 Å². The fourth-order valence-electron chi connectivity index (χ4n) is 3.37. The first-order valence-corrected chi connectivity index (χ1v) is 8.90. The summed E-state index contributed by atoms with van der Waals surface area (Å²) >= 11 is 0. The van der Waals surface area contributed by atoms with Crippen LogP contribution in [0.5, 0.6) is 0 Å². The molecule has 1 aromatic carbocycles. The molecule has 0 aliphatic carbocycles. The normalized spacial score (nSPS) is 25.9. The zero-order valence-corrected chi connectivity index (χ0v) is 12.5. The molecule has 1 atom stereocenters. The molecule has 0 bridgehead atoms. The van der Waals surface area contributed by atoms with Crippen LogP contribution in [-0.4, -0.2) is 38.4 Å². The van der Waals surface area contributed by atoms with Crippen LogP contribution in [0, 0.1) is 5.92 Å². The fraction of sp³-hybridized carbons (Fsp3) is 0.600. The van der Waals surface area contributed by atoms with E-state index in [1.165, 1.54) is 12.8 Å². The molecule has 2 fully saturated rings. The second-order valence-electron chi connectivity index (χ2n) is 5.76. The lowest BCUT2D eigenvalue weighted by molar-refractivity contribution is 0.234. The summed E-state index contributed by atoms with van der Waals surface area (Å²) in [5.41, 5.74) is 0. The minimum absolute atomic E-state index is 0.414. The predicted octanol–water partition coefficient (Wildman–Crippen LogP) is 1.84. The van der Waals surface area contributed by atoms with Crippen molar-refractivity contribution in [2.24, 2.45) is 5.92 Å². The third-order valence-electron chi connectivity index (χ3n) is 4.55. The van der Waals surface area contributed by atoms with Crippen molar-refractivity contribution < 1.29 is 8.42 Å². The lowest BCUT2D eigenvalue weighted by Crippen LogP contribution is -2.43. The number of nitrogens with one attached hydrogen (secondary N) is 1. The standard InChI is InChI=1S/C15H22N2O2S/c18-20(19,14-5-2-1-3-6-14)17-11-8-13(9-12-17)15-7-4-10-16-15/h1-3,5-6,13,15-16H,4,7-12H2. The molecule has 2 aliphatic rings. The van der Waals surface area contributed by atoms with Crippen LogP contribution < -0.4 is 5.32 Å². The first-order valence-electron chi connectivity index (χ1n) is 7.46. The second kappa shape index (κ2) is 5.84. The number of hydrogen-bond acceptors (Lipinski definition) is 3. The van der Waals surface area contributed by atoms with Crippen LogP contribution in [0.3, 0.4) is 0 Å². The molecule has 0 aromatic heterocycles. The van der Waals surface area contributed by atoms with E-state index in [-0.39, 0.29) is 0 Å². The highest BCUT2D eigenvalue weighted by atomic mass is 32.2. The average Bonchev–Trinajstić information content (AvgIpc) is 3.02. The summed E-state index contributed by atoms with van der Waals surface area (Å²) in [4.78, 5) is 0.414. The van der Waals surface area contributed by atoms with Crippen LogP contribution in [0.25, 0.3) is 0 Å². The Balaban J connectivity index is 1.65. The Morgan fingerprint density at radius 3 is 2.35 bits per heavy atom. The molecular formula is C15H22N2O2S. The van der Waals surface area contributed by atoms with Crippen molar-refractivity contribution in [1.82, 2.24) is 9.62 Å². The van der Waals surface area contributed by atoms with Crippen molar-refractivity contribution in [1.29, 1.82) is 0 Å². The molecule has 110 valence electrons. The number of piperidine rings is 1. The van der Waals surface area contributed by atoms with E-state index in [1.807, 2.05) is 6.07 Å². The zero-order valence-electron chi connectivity index (χ0n) is 11.7. The summed E-state index contributed by atoms with van der Waals surface area (Å²) < 4.78 is 26.7. The molecule has 0 radical (unpaired) electrons. The molecule has 2 aliphatic heterocycles. The lowest BCUT2D eigenvalue weighted by Gasteiger charge is -2.34. The first kappa shape index (κ1) is 14.0. The predicted molar refractivity (Wildman–Crippen MR) is 78.9 cm³/mol. The van der Waals surface area contributed by atoms with Gasteiger partial charge in [0, 0.05) is 19.1 Å². The highest BCUT2D eigenvalue weighted by molar-refractivity contribution is 7.89. The summed E-state index contributed by atoms with van der Waals surface area (Å²) in [5.74, 6) is 0.639. The van der Waals surface area contributed by atoms with Gasteiger partial charge < -0.3 is 5.32 Å². The minimum atomic E-state index is -3.30. The maximum atomic E-state index is 12.5. The van der Waals surface area contributed by atoms with Crippen molar-refractivity contribution in [2.45, 2.75) is 36.6 Å². The number of nitrogens with zero attached hydrogens (tertiary/aromatic N) is 1. The summed E-state index contributed by atoms with van der Waals surface area (Å²) in [6.45, 7) is 2.42. The van der Waals surface area contributed by atoms with Crippen LogP contribution in [0.4, 0.5) is 0 Å². The van der Waals surface area contributed by atoms with Crippen molar-refractivity contribution in [3.63, 3.8) is 0 Å². The van der Waals surface area contributed by atoms with Gasteiger partial charge in [-0.25, -0.2) is 8.42 Å². The van der Waals surface area contributed by atoms with Gasteiger partial charge in [-0.15, -0.1) is 0 Å². The molecule has 1 aromatic rings. The maximum Gasteiger partial charge on any atom is 0.243 e. The van der Waals surface area contributed by atoms with Gasteiger partial charge in [-0.2, -0.15) is 4.31 Å². The molecule has 20 heavy (non-hydrogen) atoms. The highest BCUT2D eigenvalue weighted by Crippen LogP contribution is 2.28. The summed E-state index contributed by atoms with van der Waals surface area (Å²) in [6, 6.07) is 9.37. The molecule has 3 rings (SSSR count). The molecule has 0 saturated carbocycles. The van der Waals surface area contributed by atoms with E-state index in [2.05, 4.69) is 5.32 Å². The lowest BCUT2D eigenvalue weighted by atomic mass is 9.89. The topological polar surface area (TPSA) is 49.4 Å². The van der Waals surface area contributed by atoms with E-state index >= 15 is 0 Å². The van der Waals surface area contributed by atoms with E-state index in [0.29, 0.717) is 29.9 Å².